The maximum absolute atomic E-state index is 11.5. The maximum Gasteiger partial charge on any atom is 0.397 e. The summed E-state index contributed by atoms with van der Waals surface area (Å²) in [5.41, 5.74) is 0. The molecule has 16 heavy (non-hydrogen) atoms. The molecular formula is C9H15NO5S. The molecule has 0 spiro atoms. The minimum absolute atomic E-state index is 0.0691. The molecule has 1 saturated heterocycles. The lowest BCUT2D eigenvalue weighted by Crippen LogP contribution is -2.39. The summed E-state index contributed by atoms with van der Waals surface area (Å²) in [6.45, 7) is 2.10. The minimum atomic E-state index is -3.07. The van der Waals surface area contributed by atoms with Gasteiger partial charge >= 0.3 is 11.9 Å². The number of carbonyl (C=O) groups excluding carboxylic acids is 2. The summed E-state index contributed by atoms with van der Waals surface area (Å²) >= 11 is 0. The van der Waals surface area contributed by atoms with E-state index in [9.17, 15) is 18.0 Å². The molecule has 1 aliphatic heterocycles. The van der Waals surface area contributed by atoms with E-state index in [1.54, 1.807) is 6.92 Å². The number of esters is 1. The van der Waals surface area contributed by atoms with Crippen LogP contribution in [0.3, 0.4) is 0 Å². The summed E-state index contributed by atoms with van der Waals surface area (Å²) in [6.07, 6.45) is 0.369. The minimum Gasteiger partial charge on any atom is -0.459 e. The smallest absolute Gasteiger partial charge is 0.397 e. The summed E-state index contributed by atoms with van der Waals surface area (Å²) in [5, 5.41) is 0. The van der Waals surface area contributed by atoms with Gasteiger partial charge < -0.3 is 9.64 Å². The van der Waals surface area contributed by atoms with E-state index in [1.807, 2.05) is 0 Å². The Morgan fingerprint density at radius 2 is 1.94 bits per heavy atom. The van der Waals surface area contributed by atoms with Crippen LogP contribution < -0.4 is 0 Å². The predicted octanol–water partition coefficient (Wildman–Crippen LogP) is -0.803. The molecule has 0 aromatic carbocycles. The molecule has 0 N–H and O–H groups in total. The van der Waals surface area contributed by atoms with Crippen LogP contribution in [0.5, 0.6) is 0 Å². The second kappa shape index (κ2) is 5.29. The van der Waals surface area contributed by atoms with E-state index in [4.69, 9.17) is 0 Å². The number of sulfone groups is 1. The Morgan fingerprint density at radius 1 is 1.25 bits per heavy atom. The third-order valence-corrected chi connectivity index (χ3v) is 4.01. The topological polar surface area (TPSA) is 80.8 Å². The van der Waals surface area contributed by atoms with Crippen LogP contribution in [0.4, 0.5) is 0 Å². The van der Waals surface area contributed by atoms with Gasteiger partial charge in [0.1, 0.15) is 0 Å². The van der Waals surface area contributed by atoms with Crippen molar-refractivity contribution < 1.29 is 22.7 Å². The molecule has 0 saturated carbocycles. The highest BCUT2D eigenvalue weighted by Crippen LogP contribution is 2.05. The number of rotatable bonds is 1. The van der Waals surface area contributed by atoms with E-state index in [-0.39, 0.29) is 31.2 Å². The van der Waals surface area contributed by atoms with E-state index in [1.165, 1.54) is 4.90 Å². The number of ether oxygens (including phenoxy) is 1. The Hall–Kier alpha value is -1.11. The zero-order chi connectivity index (χ0) is 12.2. The summed E-state index contributed by atoms with van der Waals surface area (Å²) in [7, 11) is -3.07. The maximum atomic E-state index is 11.5. The Bertz CT molecular complexity index is 375. The molecule has 1 aliphatic rings. The molecule has 0 atom stereocenters. The second-order valence-corrected chi connectivity index (χ2v) is 5.82. The van der Waals surface area contributed by atoms with Gasteiger partial charge in [0.15, 0.2) is 9.84 Å². The van der Waals surface area contributed by atoms with Gasteiger partial charge in [-0.2, -0.15) is 0 Å². The zero-order valence-electron chi connectivity index (χ0n) is 9.14. The first-order valence-corrected chi connectivity index (χ1v) is 6.95. The molecule has 0 radical (unpaired) electrons. The highest BCUT2D eigenvalue weighted by molar-refractivity contribution is 7.91. The van der Waals surface area contributed by atoms with Gasteiger partial charge in [-0.05, 0) is 13.3 Å². The summed E-state index contributed by atoms with van der Waals surface area (Å²) in [5.74, 6) is -1.68. The lowest BCUT2D eigenvalue weighted by molar-refractivity contribution is -0.159. The van der Waals surface area contributed by atoms with Gasteiger partial charge in [-0.3, -0.25) is 4.79 Å². The molecule has 0 aliphatic carbocycles. The van der Waals surface area contributed by atoms with Gasteiger partial charge in [0.25, 0.3) is 0 Å². The number of hydrogen-bond donors (Lipinski definition) is 0. The predicted molar refractivity (Wildman–Crippen MR) is 56.5 cm³/mol. The Labute approximate surface area is 94.5 Å². The highest BCUT2D eigenvalue weighted by atomic mass is 32.2. The van der Waals surface area contributed by atoms with Gasteiger partial charge in [-0.15, -0.1) is 0 Å². The average molecular weight is 249 g/mol. The molecule has 1 amide bonds. The van der Waals surface area contributed by atoms with Crippen LogP contribution in [0.2, 0.25) is 0 Å². The summed E-state index contributed by atoms with van der Waals surface area (Å²) < 4.78 is 27.1. The fraction of sp³-hybridized carbons (Fsp3) is 0.778. The second-order valence-electron chi connectivity index (χ2n) is 3.52. The molecule has 1 rings (SSSR count). The monoisotopic (exact) mass is 249 g/mol. The van der Waals surface area contributed by atoms with Crippen LogP contribution in [-0.4, -0.2) is 56.4 Å². The fourth-order valence-corrected chi connectivity index (χ4v) is 2.74. The van der Waals surface area contributed by atoms with Crippen LogP contribution >= 0.6 is 0 Å². The third-order valence-electron chi connectivity index (χ3n) is 2.29. The van der Waals surface area contributed by atoms with Crippen molar-refractivity contribution >= 4 is 21.7 Å². The van der Waals surface area contributed by atoms with Crippen LogP contribution in [0, 0.1) is 0 Å². The van der Waals surface area contributed by atoms with Crippen molar-refractivity contribution in [2.24, 2.45) is 0 Å². The zero-order valence-corrected chi connectivity index (χ0v) is 9.96. The summed E-state index contributed by atoms with van der Waals surface area (Å²) in [6, 6.07) is 0. The lowest BCUT2D eigenvalue weighted by Gasteiger charge is -2.17. The number of amides is 1. The number of hydrogen-bond acceptors (Lipinski definition) is 5. The first-order chi connectivity index (χ1) is 7.46. The average Bonchev–Trinajstić information content (AvgIpc) is 2.39. The van der Waals surface area contributed by atoms with Gasteiger partial charge in [0.05, 0.1) is 18.1 Å². The van der Waals surface area contributed by atoms with Crippen molar-refractivity contribution in [3.8, 4) is 0 Å². The van der Waals surface area contributed by atoms with Crippen LogP contribution in [0.1, 0.15) is 13.3 Å². The van der Waals surface area contributed by atoms with Crippen molar-refractivity contribution in [1.29, 1.82) is 0 Å². The van der Waals surface area contributed by atoms with Crippen LogP contribution in [0.15, 0.2) is 0 Å². The van der Waals surface area contributed by atoms with Crippen molar-refractivity contribution in [3.05, 3.63) is 0 Å². The number of nitrogens with zero attached hydrogens (tertiary/aromatic N) is 1. The van der Waals surface area contributed by atoms with E-state index in [0.29, 0.717) is 6.42 Å². The van der Waals surface area contributed by atoms with Gasteiger partial charge in [-0.1, -0.05) is 0 Å². The molecule has 7 heteroatoms. The molecule has 0 unspecified atom stereocenters. The van der Waals surface area contributed by atoms with E-state index < -0.39 is 21.7 Å². The lowest BCUT2D eigenvalue weighted by atomic mass is 10.4. The standard InChI is InChI=1S/C9H15NO5S/c1-2-15-9(12)8(11)10-4-3-6-16(13,14)7-5-10/h2-7H2,1H3. The molecule has 0 aromatic rings. The van der Waals surface area contributed by atoms with Crippen molar-refractivity contribution in [3.63, 3.8) is 0 Å². The highest BCUT2D eigenvalue weighted by Gasteiger charge is 2.27. The molecule has 0 aromatic heterocycles. The van der Waals surface area contributed by atoms with E-state index in [2.05, 4.69) is 4.74 Å². The van der Waals surface area contributed by atoms with Crippen LogP contribution in [0.25, 0.3) is 0 Å². The first kappa shape index (κ1) is 13.0. The summed E-state index contributed by atoms with van der Waals surface area (Å²) in [4.78, 5) is 23.9. The Morgan fingerprint density at radius 3 is 2.56 bits per heavy atom. The molecular weight excluding hydrogens is 234 g/mol. The normalized spacial score (nSPS) is 19.9. The van der Waals surface area contributed by atoms with Crippen molar-refractivity contribution in [1.82, 2.24) is 4.90 Å². The first-order valence-electron chi connectivity index (χ1n) is 5.12. The van der Waals surface area contributed by atoms with Crippen molar-refractivity contribution in [2.75, 3.05) is 31.2 Å². The van der Waals surface area contributed by atoms with Gasteiger partial charge in [0, 0.05) is 13.1 Å². The molecule has 1 heterocycles. The quantitative estimate of drug-likeness (QED) is 0.449. The number of carbonyl (C=O) groups is 2. The van der Waals surface area contributed by atoms with E-state index in [0.717, 1.165) is 0 Å². The van der Waals surface area contributed by atoms with Crippen LogP contribution in [-0.2, 0) is 24.2 Å². The molecule has 0 bridgehead atoms. The molecule has 1 fully saturated rings. The largest absolute Gasteiger partial charge is 0.459 e. The van der Waals surface area contributed by atoms with Crippen molar-refractivity contribution in [2.45, 2.75) is 13.3 Å². The molecule has 92 valence electrons. The SMILES string of the molecule is CCOC(=O)C(=O)N1CCCS(=O)(=O)CC1. The Balaban J connectivity index is 2.61. The fourth-order valence-electron chi connectivity index (χ4n) is 1.46. The molecule has 6 nitrogen and oxygen atoms in total. The van der Waals surface area contributed by atoms with E-state index >= 15 is 0 Å². The van der Waals surface area contributed by atoms with Gasteiger partial charge in [-0.25, -0.2) is 13.2 Å². The Kier molecular flexibility index (Phi) is 4.28. The third kappa shape index (κ3) is 3.48. The van der Waals surface area contributed by atoms with Gasteiger partial charge in [0.2, 0.25) is 0 Å².